The van der Waals surface area contributed by atoms with Crippen LogP contribution in [0.25, 0.3) is 11.1 Å². The highest BCUT2D eigenvalue weighted by Crippen LogP contribution is 2.33. The molecule has 19 nitrogen and oxygen atoms in total. The van der Waals surface area contributed by atoms with E-state index in [4.69, 9.17) is 21.0 Å². The van der Waals surface area contributed by atoms with Crippen LogP contribution < -0.4 is 31.5 Å². The van der Waals surface area contributed by atoms with Gasteiger partial charge in [-0.05, 0) is 50.9 Å². The molecule has 1 aromatic carbocycles. The maximum absolute atomic E-state index is 13.2. The Hall–Kier alpha value is -4.67. The second kappa shape index (κ2) is 16.3. The van der Waals surface area contributed by atoms with Gasteiger partial charge in [0.1, 0.15) is 17.5 Å². The van der Waals surface area contributed by atoms with Crippen molar-refractivity contribution in [2.45, 2.75) is 63.9 Å². The fourth-order valence-corrected chi connectivity index (χ4v) is 6.55. The number of nitrogen functional groups attached to an aromatic ring is 1. The number of nitrogens with zero attached hydrogens (tertiary/aromatic N) is 5. The summed E-state index contributed by atoms with van der Waals surface area (Å²) in [5, 5.41) is 21.0. The molecule has 2 saturated heterocycles. The van der Waals surface area contributed by atoms with Crippen molar-refractivity contribution in [3.8, 4) is 16.9 Å². The third-order valence-corrected chi connectivity index (χ3v) is 9.53. The van der Waals surface area contributed by atoms with E-state index in [-0.39, 0.29) is 30.3 Å². The van der Waals surface area contributed by atoms with E-state index in [1.165, 1.54) is 19.2 Å². The van der Waals surface area contributed by atoms with Crippen molar-refractivity contribution in [2.75, 3.05) is 32.0 Å². The number of carboxylic acid groups (broad SMARTS) is 1. The number of aliphatic carboxylic acids is 1. The van der Waals surface area contributed by atoms with Gasteiger partial charge in [0, 0.05) is 30.8 Å². The molecule has 2 amide bonds. The van der Waals surface area contributed by atoms with Gasteiger partial charge in [0.25, 0.3) is 11.8 Å². The summed E-state index contributed by atoms with van der Waals surface area (Å²) in [6.45, 7) is 7.23. The number of nitrogens with one attached hydrogen (secondary N) is 2. The summed E-state index contributed by atoms with van der Waals surface area (Å²) < 4.78 is 47.5. The van der Waals surface area contributed by atoms with Gasteiger partial charge in [-0.25, -0.2) is 18.2 Å². The molecule has 1 unspecified atom stereocenters. The van der Waals surface area contributed by atoms with Gasteiger partial charge in [0.05, 0.1) is 30.5 Å². The predicted molar refractivity (Wildman–Crippen MR) is 184 cm³/mol. The lowest BCUT2D eigenvalue weighted by atomic mass is 9.84. The predicted octanol–water partition coefficient (Wildman–Crippen LogP) is -0.420. The highest BCUT2D eigenvalue weighted by Gasteiger charge is 2.57. The van der Waals surface area contributed by atoms with Crippen LogP contribution in [-0.4, -0.2) is 100 Å². The zero-order valence-electron chi connectivity index (χ0n) is 28.5. The van der Waals surface area contributed by atoms with Crippen molar-refractivity contribution in [1.29, 1.82) is 0 Å². The van der Waals surface area contributed by atoms with Crippen LogP contribution in [0.15, 0.2) is 47.2 Å². The van der Waals surface area contributed by atoms with Gasteiger partial charge in [-0.2, -0.15) is 14.0 Å². The minimum Gasteiger partial charge on any atom is -0.724 e. The molecule has 5 rings (SSSR count). The fourth-order valence-electron chi connectivity index (χ4n) is 5.56. The second-order valence-corrected chi connectivity index (χ2v) is 14.7. The first-order valence-corrected chi connectivity index (χ1v) is 18.6. The Morgan fingerprint density at radius 3 is 2.56 bits per heavy atom. The molecular formula is C31H41N9O10S2. The number of hydrogen-bond acceptors (Lipinski definition) is 15. The number of aromatic nitrogens is 3. The van der Waals surface area contributed by atoms with Crippen molar-refractivity contribution in [1.82, 2.24) is 25.4 Å². The van der Waals surface area contributed by atoms with E-state index in [0.29, 0.717) is 23.3 Å². The lowest BCUT2D eigenvalue weighted by Gasteiger charge is -2.51. The molecule has 21 heteroatoms. The van der Waals surface area contributed by atoms with Gasteiger partial charge in [0.15, 0.2) is 17.4 Å². The molecule has 52 heavy (non-hydrogen) atoms. The van der Waals surface area contributed by atoms with Gasteiger partial charge in [-0.3, -0.25) is 9.59 Å². The number of β-lactam (4-membered cyclic amide) rings is 1. The molecule has 2 atom stereocenters. The zero-order valence-corrected chi connectivity index (χ0v) is 30.1. The molecule has 2 aromatic heterocycles. The Bertz CT molecular complexity index is 1890. The average molecular weight is 764 g/mol. The van der Waals surface area contributed by atoms with E-state index in [9.17, 15) is 32.5 Å². The van der Waals surface area contributed by atoms with E-state index < -0.39 is 51.6 Å². The lowest BCUT2D eigenvalue weighted by Crippen LogP contribution is -2.76. The molecule has 0 radical (unpaired) electrons. The van der Waals surface area contributed by atoms with Crippen molar-refractivity contribution < 1.29 is 51.0 Å². The maximum atomic E-state index is 13.2. The number of benzene rings is 1. The Morgan fingerprint density at radius 1 is 1.25 bits per heavy atom. The van der Waals surface area contributed by atoms with Crippen molar-refractivity contribution in [3.05, 3.63) is 47.7 Å². The summed E-state index contributed by atoms with van der Waals surface area (Å²) in [7, 11) is -5.26. The average Bonchev–Trinajstić information content (AvgIpc) is 3.69. The summed E-state index contributed by atoms with van der Waals surface area (Å²) >= 11 is 0.972. The van der Waals surface area contributed by atoms with Gasteiger partial charge in [-0.1, -0.05) is 17.3 Å². The number of oxime groups is 1. The summed E-state index contributed by atoms with van der Waals surface area (Å²) in [6, 6.07) is 6.25. The summed E-state index contributed by atoms with van der Waals surface area (Å²) in [5.41, 5.74) is 11.5. The molecule has 7 N–H and O–H groups in total. The highest BCUT2D eigenvalue weighted by atomic mass is 32.3. The standard InChI is InChI=1S/C31H41N9O10S2/c1-31(2)26(28(42)40(31)50-52(45,46)47)36-27(41)25(23-18-51-30(33)35-23)37-49-24(29(43)44)5-3-12-48-22-8-6-20(7-9-22)21-16-38(11-4-10-32)39(17-21)15-19-13-34-14-19/h6-9,16-19,24,26,34H,3-5,10-15,32H2,1-2H3,(H4-,33,35,36,41,43,44,45,46,47)/t24-,26?/m0/s1. The van der Waals surface area contributed by atoms with Crippen molar-refractivity contribution >= 4 is 50.4 Å². The van der Waals surface area contributed by atoms with Crippen LogP contribution in [-0.2, 0) is 47.0 Å². The normalized spacial score (nSPS) is 18.0. The zero-order chi connectivity index (χ0) is 37.6. The molecule has 0 saturated carbocycles. The number of carbonyl (C=O) groups is 3. The summed E-state index contributed by atoms with van der Waals surface area (Å²) in [4.78, 5) is 47.0. The van der Waals surface area contributed by atoms with Gasteiger partial charge < -0.3 is 41.3 Å². The van der Waals surface area contributed by atoms with Crippen LogP contribution in [0.4, 0.5) is 5.13 Å². The fraction of sp³-hybridized carbons (Fsp3) is 0.484. The second-order valence-electron chi connectivity index (χ2n) is 12.8. The first kappa shape index (κ1) is 38.6. The molecule has 0 aliphatic carbocycles. The molecule has 0 spiro atoms. The van der Waals surface area contributed by atoms with Crippen LogP contribution in [0.3, 0.4) is 0 Å². The Labute approximate surface area is 303 Å². The van der Waals surface area contributed by atoms with E-state index >= 15 is 0 Å². The topological polar surface area (TPSA) is 270 Å². The number of thiazole rings is 1. The number of nitrogens with two attached hydrogens (primary N) is 2. The van der Waals surface area contributed by atoms with Crippen LogP contribution in [0.5, 0.6) is 5.75 Å². The maximum Gasteiger partial charge on any atom is 0.347 e. The number of carbonyl (C=O) groups excluding carboxylic acids is 2. The Balaban J connectivity index is 1.17. The summed E-state index contributed by atoms with van der Waals surface area (Å²) in [6.07, 6.45) is 3.86. The third-order valence-electron chi connectivity index (χ3n) is 8.52. The van der Waals surface area contributed by atoms with Crippen LogP contribution in [0.1, 0.15) is 38.8 Å². The van der Waals surface area contributed by atoms with E-state index in [2.05, 4.69) is 46.8 Å². The number of amides is 2. The minimum absolute atomic E-state index is 0.0397. The van der Waals surface area contributed by atoms with Crippen molar-refractivity contribution in [2.24, 2.45) is 16.8 Å². The lowest BCUT2D eigenvalue weighted by molar-refractivity contribution is -0.781. The number of rotatable bonds is 19. The van der Waals surface area contributed by atoms with Gasteiger partial charge in [-0.15, -0.1) is 16.0 Å². The third kappa shape index (κ3) is 9.40. The van der Waals surface area contributed by atoms with Crippen LogP contribution in [0, 0.1) is 5.92 Å². The number of hydrogen-bond donors (Lipinski definition) is 5. The van der Waals surface area contributed by atoms with Crippen LogP contribution >= 0.6 is 11.3 Å². The molecule has 2 fully saturated rings. The van der Waals surface area contributed by atoms with E-state index in [1.807, 2.05) is 24.3 Å². The Morgan fingerprint density at radius 2 is 1.98 bits per heavy atom. The first-order valence-electron chi connectivity index (χ1n) is 16.4. The largest absolute Gasteiger partial charge is 0.724 e. The molecule has 3 aromatic rings. The monoisotopic (exact) mass is 763 g/mol. The molecule has 2 aliphatic rings. The summed E-state index contributed by atoms with van der Waals surface area (Å²) in [5.74, 6) is -2.18. The number of aryl methyl sites for hydroxylation is 1. The molecule has 0 bridgehead atoms. The molecular weight excluding hydrogens is 723 g/mol. The molecule has 2 aliphatic heterocycles. The number of ether oxygens (including phenoxy) is 1. The van der Waals surface area contributed by atoms with Gasteiger partial charge in [0.2, 0.25) is 22.7 Å². The van der Waals surface area contributed by atoms with Crippen molar-refractivity contribution in [3.63, 3.8) is 0 Å². The Kier molecular flexibility index (Phi) is 12.1. The van der Waals surface area contributed by atoms with E-state index in [0.717, 1.165) is 55.1 Å². The number of hydroxylamine groups is 2. The quantitative estimate of drug-likeness (QED) is 0.0198. The van der Waals surface area contributed by atoms with Crippen LogP contribution in [0.2, 0.25) is 0 Å². The minimum atomic E-state index is -5.26. The first-order chi connectivity index (χ1) is 24.7. The number of anilines is 1. The SMILES string of the molecule is CC1(C)C(NC(=O)C(=NO[C@@H](CCCOc2ccc(-c3cn(CCCN)[n+](CC4CNC4)c3)cc2)C(=O)O)c2csc(N)n2)C(=O)N1OS(=O)(=O)[O-]. The van der Waals surface area contributed by atoms with E-state index in [1.54, 1.807) is 0 Å². The molecule has 282 valence electrons. The number of carboxylic acids is 1. The van der Waals surface area contributed by atoms with Gasteiger partial charge >= 0.3 is 5.97 Å². The smallest absolute Gasteiger partial charge is 0.347 e. The highest BCUT2D eigenvalue weighted by molar-refractivity contribution is 7.80. The molecule has 4 heterocycles.